The van der Waals surface area contributed by atoms with Crippen molar-refractivity contribution in [2.45, 2.75) is 57.9 Å². The lowest BCUT2D eigenvalue weighted by Crippen LogP contribution is -2.36. The normalized spacial score (nSPS) is 18.8. The van der Waals surface area contributed by atoms with Gasteiger partial charge in [-0.05, 0) is 44.4 Å². The Balaban J connectivity index is 1.68. The number of ketones is 1. The summed E-state index contributed by atoms with van der Waals surface area (Å²) in [6.07, 6.45) is 7.00. The number of hydrogen-bond donors (Lipinski definition) is 2. The minimum absolute atomic E-state index is 0.0678. The highest BCUT2D eigenvalue weighted by Gasteiger charge is 2.20. The van der Waals surface area contributed by atoms with E-state index in [1.54, 1.807) is 18.2 Å². The average Bonchev–Trinajstić information content (AvgIpc) is 2.89. The molecule has 3 rings (SSSR count). The molecule has 1 fully saturated rings. The fourth-order valence-electron chi connectivity index (χ4n) is 3.37. The van der Waals surface area contributed by atoms with Crippen LogP contribution in [0.3, 0.4) is 0 Å². The molecule has 128 valence electrons. The molecule has 0 unspecified atom stereocenters. The number of carbonyl (C=O) groups is 2. The molecule has 0 aromatic heterocycles. The molecule has 5 heteroatoms. The van der Waals surface area contributed by atoms with Gasteiger partial charge >= 0.3 is 0 Å². The average molecular weight is 347 g/mol. The lowest BCUT2D eigenvalue weighted by atomic mass is 9.95. The molecule has 2 aliphatic rings. The summed E-state index contributed by atoms with van der Waals surface area (Å²) >= 11 is 6.33. The Kier molecular flexibility index (Phi) is 5.24. The maximum absolute atomic E-state index is 12.4. The molecule has 0 heterocycles. The number of amides is 1. The Morgan fingerprint density at radius 2 is 1.92 bits per heavy atom. The van der Waals surface area contributed by atoms with Crippen molar-refractivity contribution >= 4 is 29.0 Å². The highest BCUT2D eigenvalue weighted by atomic mass is 35.5. The third kappa shape index (κ3) is 3.81. The van der Waals surface area contributed by atoms with E-state index in [-0.39, 0.29) is 17.7 Å². The lowest BCUT2D eigenvalue weighted by Gasteiger charge is -2.22. The SMILES string of the molecule is CC1=C(Nc2ccc(C(=O)NC3CCCCC3)cc2Cl)CCC1=O. The summed E-state index contributed by atoms with van der Waals surface area (Å²) < 4.78 is 0. The van der Waals surface area contributed by atoms with Crippen LogP contribution in [0, 0.1) is 0 Å². The van der Waals surface area contributed by atoms with Crippen molar-refractivity contribution < 1.29 is 9.59 Å². The molecule has 2 aliphatic carbocycles. The van der Waals surface area contributed by atoms with E-state index in [9.17, 15) is 9.59 Å². The Morgan fingerprint density at radius 3 is 2.54 bits per heavy atom. The van der Waals surface area contributed by atoms with E-state index in [4.69, 9.17) is 11.6 Å². The first kappa shape index (κ1) is 17.0. The maximum Gasteiger partial charge on any atom is 0.251 e. The van der Waals surface area contributed by atoms with Gasteiger partial charge in [-0.25, -0.2) is 0 Å². The van der Waals surface area contributed by atoms with Crippen LogP contribution in [0.25, 0.3) is 0 Å². The minimum atomic E-state index is -0.0678. The van der Waals surface area contributed by atoms with Crippen molar-refractivity contribution in [1.82, 2.24) is 5.32 Å². The Bertz CT molecular complexity index is 691. The van der Waals surface area contributed by atoms with Gasteiger partial charge in [0.2, 0.25) is 0 Å². The fraction of sp³-hybridized carbons (Fsp3) is 0.474. The zero-order valence-electron chi connectivity index (χ0n) is 14.0. The zero-order valence-corrected chi connectivity index (χ0v) is 14.7. The molecular formula is C19H23ClN2O2. The molecule has 2 N–H and O–H groups in total. The van der Waals surface area contributed by atoms with E-state index in [0.29, 0.717) is 23.4 Å². The highest BCUT2D eigenvalue weighted by Crippen LogP contribution is 2.29. The van der Waals surface area contributed by atoms with Crippen LogP contribution in [0.5, 0.6) is 0 Å². The van der Waals surface area contributed by atoms with Crippen molar-refractivity contribution in [2.75, 3.05) is 5.32 Å². The van der Waals surface area contributed by atoms with Gasteiger partial charge in [-0.15, -0.1) is 0 Å². The van der Waals surface area contributed by atoms with E-state index < -0.39 is 0 Å². The quantitative estimate of drug-likeness (QED) is 0.846. The molecular weight excluding hydrogens is 324 g/mol. The first-order valence-electron chi connectivity index (χ1n) is 8.65. The predicted octanol–water partition coefficient (Wildman–Crippen LogP) is 4.45. The molecule has 1 saturated carbocycles. The van der Waals surface area contributed by atoms with E-state index in [2.05, 4.69) is 10.6 Å². The van der Waals surface area contributed by atoms with E-state index in [0.717, 1.165) is 29.8 Å². The van der Waals surface area contributed by atoms with Crippen molar-refractivity contribution in [2.24, 2.45) is 0 Å². The third-order valence-corrected chi connectivity index (χ3v) is 5.24. The Morgan fingerprint density at radius 1 is 1.17 bits per heavy atom. The summed E-state index contributed by atoms with van der Waals surface area (Å²) in [6.45, 7) is 1.83. The monoisotopic (exact) mass is 346 g/mol. The number of allylic oxidation sites excluding steroid dienone is 2. The second-order valence-corrected chi connectivity index (χ2v) is 7.06. The summed E-state index contributed by atoms with van der Waals surface area (Å²) in [5, 5.41) is 6.82. The van der Waals surface area contributed by atoms with E-state index >= 15 is 0 Å². The van der Waals surface area contributed by atoms with Gasteiger partial charge in [-0.2, -0.15) is 0 Å². The van der Waals surface area contributed by atoms with Crippen LogP contribution in [0.4, 0.5) is 5.69 Å². The van der Waals surface area contributed by atoms with Gasteiger partial charge in [0, 0.05) is 29.3 Å². The van der Waals surface area contributed by atoms with E-state index in [1.807, 2.05) is 6.92 Å². The maximum atomic E-state index is 12.4. The molecule has 4 nitrogen and oxygen atoms in total. The summed E-state index contributed by atoms with van der Waals surface area (Å²) in [5.41, 5.74) is 2.99. The first-order valence-corrected chi connectivity index (χ1v) is 9.03. The van der Waals surface area contributed by atoms with Gasteiger partial charge in [0.05, 0.1) is 10.7 Å². The van der Waals surface area contributed by atoms with Crippen LogP contribution in [-0.2, 0) is 4.79 Å². The van der Waals surface area contributed by atoms with Gasteiger partial charge in [-0.3, -0.25) is 9.59 Å². The molecule has 1 amide bonds. The van der Waals surface area contributed by atoms with Crippen LogP contribution in [0.15, 0.2) is 29.5 Å². The first-order chi connectivity index (χ1) is 11.5. The van der Waals surface area contributed by atoms with Gasteiger partial charge in [0.25, 0.3) is 5.91 Å². The van der Waals surface area contributed by atoms with Crippen LogP contribution >= 0.6 is 11.6 Å². The van der Waals surface area contributed by atoms with Crippen molar-refractivity contribution in [3.8, 4) is 0 Å². The molecule has 0 aliphatic heterocycles. The fourth-order valence-corrected chi connectivity index (χ4v) is 3.60. The summed E-state index contributed by atoms with van der Waals surface area (Å²) in [7, 11) is 0. The number of benzene rings is 1. The molecule has 0 radical (unpaired) electrons. The second kappa shape index (κ2) is 7.39. The second-order valence-electron chi connectivity index (χ2n) is 6.65. The van der Waals surface area contributed by atoms with Crippen LogP contribution in [0.2, 0.25) is 5.02 Å². The molecule has 1 aromatic carbocycles. The van der Waals surface area contributed by atoms with Crippen molar-refractivity contribution in [1.29, 1.82) is 0 Å². The Labute approximate surface area is 147 Å². The number of rotatable bonds is 4. The van der Waals surface area contributed by atoms with Gasteiger partial charge < -0.3 is 10.6 Å². The number of halogens is 1. The molecule has 24 heavy (non-hydrogen) atoms. The topological polar surface area (TPSA) is 58.2 Å². The summed E-state index contributed by atoms with van der Waals surface area (Å²) in [4.78, 5) is 24.0. The van der Waals surface area contributed by atoms with Crippen molar-refractivity contribution in [3.05, 3.63) is 40.1 Å². The predicted molar refractivity (Wildman–Crippen MR) is 96.4 cm³/mol. The highest BCUT2D eigenvalue weighted by molar-refractivity contribution is 6.33. The summed E-state index contributed by atoms with van der Waals surface area (Å²) in [5.74, 6) is 0.110. The number of anilines is 1. The Hall–Kier alpha value is -1.81. The smallest absolute Gasteiger partial charge is 0.251 e. The number of carbonyl (C=O) groups excluding carboxylic acids is 2. The number of nitrogens with one attached hydrogen (secondary N) is 2. The number of hydrogen-bond acceptors (Lipinski definition) is 3. The zero-order chi connectivity index (χ0) is 17.1. The van der Waals surface area contributed by atoms with Gasteiger partial charge in [0.1, 0.15) is 0 Å². The van der Waals surface area contributed by atoms with Crippen LogP contribution in [0.1, 0.15) is 62.2 Å². The van der Waals surface area contributed by atoms with Crippen LogP contribution < -0.4 is 10.6 Å². The standard InChI is InChI=1S/C19H23ClN2O2/c1-12-16(9-10-18(12)23)22-17-8-7-13(11-15(17)20)19(24)21-14-5-3-2-4-6-14/h7-8,11,14,22H,2-6,9-10H2,1H3,(H,21,24). The minimum Gasteiger partial charge on any atom is -0.357 e. The van der Waals surface area contributed by atoms with E-state index in [1.165, 1.54) is 19.3 Å². The largest absolute Gasteiger partial charge is 0.357 e. The summed E-state index contributed by atoms with van der Waals surface area (Å²) in [6, 6.07) is 5.55. The van der Waals surface area contributed by atoms with Gasteiger partial charge in [-0.1, -0.05) is 30.9 Å². The molecule has 0 atom stereocenters. The molecule has 0 saturated heterocycles. The number of Topliss-reactive ketones (excluding diaryl/α,β-unsaturated/α-hetero) is 1. The van der Waals surface area contributed by atoms with Crippen LogP contribution in [-0.4, -0.2) is 17.7 Å². The molecule has 0 spiro atoms. The van der Waals surface area contributed by atoms with Gasteiger partial charge in [0.15, 0.2) is 5.78 Å². The third-order valence-electron chi connectivity index (χ3n) is 4.93. The molecule has 1 aromatic rings. The molecule has 0 bridgehead atoms. The van der Waals surface area contributed by atoms with Crippen molar-refractivity contribution in [3.63, 3.8) is 0 Å². The lowest BCUT2D eigenvalue weighted by molar-refractivity contribution is -0.114.